The molecule has 2 rings (SSSR count). The Kier molecular flexibility index (Phi) is 4.39. The summed E-state index contributed by atoms with van der Waals surface area (Å²) in [7, 11) is -4.06. The van der Waals surface area contributed by atoms with Crippen LogP contribution in [0, 0.1) is 5.82 Å². The average molecular weight is 301 g/mol. The predicted octanol–water partition coefficient (Wildman–Crippen LogP) is 1.96. The number of rotatable bonds is 3. The van der Waals surface area contributed by atoms with Crippen LogP contribution in [0.1, 0.15) is 42.5 Å². The summed E-state index contributed by atoms with van der Waals surface area (Å²) < 4.78 is 41.0. The van der Waals surface area contributed by atoms with Gasteiger partial charge in [0.15, 0.2) is 0 Å². The van der Waals surface area contributed by atoms with Crippen LogP contribution in [0.25, 0.3) is 0 Å². The Morgan fingerprint density at radius 1 is 1.20 bits per heavy atom. The standard InChI is InChI=1S/C13H16FNO4S/c14-10-6-9(7-12(8-10)20(15,17)18)13(16)19-11-4-2-1-3-5-11/h6-8,11H,1-5H2,(H2,15,17,18). The molecule has 0 radical (unpaired) electrons. The Balaban J connectivity index is 2.19. The summed E-state index contributed by atoms with van der Waals surface area (Å²) in [4.78, 5) is 11.5. The summed E-state index contributed by atoms with van der Waals surface area (Å²) >= 11 is 0. The molecule has 0 spiro atoms. The molecular weight excluding hydrogens is 285 g/mol. The lowest BCUT2D eigenvalue weighted by molar-refractivity contribution is 0.0210. The molecule has 1 aromatic carbocycles. The SMILES string of the molecule is NS(=O)(=O)c1cc(F)cc(C(=O)OC2CCCCC2)c1. The van der Waals surface area contributed by atoms with Crippen LogP contribution in [0.5, 0.6) is 0 Å². The van der Waals surface area contributed by atoms with E-state index >= 15 is 0 Å². The molecule has 0 amide bonds. The maximum atomic E-state index is 13.4. The number of nitrogens with two attached hydrogens (primary N) is 1. The van der Waals surface area contributed by atoms with Gasteiger partial charge >= 0.3 is 5.97 Å². The molecular formula is C13H16FNO4S. The van der Waals surface area contributed by atoms with Crippen LogP contribution in [-0.2, 0) is 14.8 Å². The first kappa shape index (κ1) is 14.9. The van der Waals surface area contributed by atoms with Crippen LogP contribution < -0.4 is 5.14 Å². The highest BCUT2D eigenvalue weighted by Crippen LogP contribution is 2.22. The van der Waals surface area contributed by atoms with Gasteiger partial charge in [-0.25, -0.2) is 22.7 Å². The first-order valence-corrected chi connectivity index (χ1v) is 7.95. The van der Waals surface area contributed by atoms with E-state index in [1.54, 1.807) is 0 Å². The third-order valence-corrected chi connectivity index (χ3v) is 4.15. The maximum Gasteiger partial charge on any atom is 0.338 e. The molecule has 0 aliphatic heterocycles. The molecule has 20 heavy (non-hydrogen) atoms. The normalized spacial score (nSPS) is 16.9. The van der Waals surface area contributed by atoms with Gasteiger partial charge in [0, 0.05) is 0 Å². The summed E-state index contributed by atoms with van der Waals surface area (Å²) in [6, 6.07) is 2.75. The van der Waals surface area contributed by atoms with E-state index in [0.29, 0.717) is 0 Å². The maximum absolute atomic E-state index is 13.4. The van der Waals surface area contributed by atoms with E-state index in [1.807, 2.05) is 0 Å². The van der Waals surface area contributed by atoms with Gasteiger partial charge in [-0.3, -0.25) is 0 Å². The van der Waals surface area contributed by atoms with Crippen molar-refractivity contribution >= 4 is 16.0 Å². The van der Waals surface area contributed by atoms with Gasteiger partial charge in [-0.2, -0.15) is 0 Å². The summed E-state index contributed by atoms with van der Waals surface area (Å²) in [6.45, 7) is 0. The lowest BCUT2D eigenvalue weighted by atomic mass is 9.98. The van der Waals surface area contributed by atoms with Gasteiger partial charge in [0.05, 0.1) is 10.5 Å². The molecule has 0 saturated heterocycles. The Hall–Kier alpha value is -1.47. The molecule has 2 N–H and O–H groups in total. The minimum atomic E-state index is -4.06. The predicted molar refractivity (Wildman–Crippen MR) is 70.1 cm³/mol. The van der Waals surface area contributed by atoms with E-state index in [4.69, 9.17) is 9.88 Å². The lowest BCUT2D eigenvalue weighted by Crippen LogP contribution is -2.21. The number of benzene rings is 1. The second kappa shape index (κ2) is 5.88. The van der Waals surface area contributed by atoms with Gasteiger partial charge in [-0.05, 0) is 43.9 Å². The van der Waals surface area contributed by atoms with Crippen LogP contribution in [0.15, 0.2) is 23.1 Å². The molecule has 110 valence electrons. The summed E-state index contributed by atoms with van der Waals surface area (Å²) in [5.74, 6) is -1.56. The quantitative estimate of drug-likeness (QED) is 0.865. The molecule has 1 aliphatic carbocycles. The van der Waals surface area contributed by atoms with Crippen LogP contribution in [-0.4, -0.2) is 20.5 Å². The Morgan fingerprint density at radius 2 is 1.85 bits per heavy atom. The molecule has 0 bridgehead atoms. The number of halogens is 1. The summed E-state index contributed by atoms with van der Waals surface area (Å²) in [6.07, 6.45) is 4.47. The van der Waals surface area contributed by atoms with Crippen LogP contribution in [0.2, 0.25) is 0 Å². The van der Waals surface area contributed by atoms with Crippen molar-refractivity contribution in [2.45, 2.75) is 43.1 Å². The zero-order chi connectivity index (χ0) is 14.8. The molecule has 7 heteroatoms. The van der Waals surface area contributed by atoms with E-state index in [9.17, 15) is 17.6 Å². The number of carbonyl (C=O) groups is 1. The van der Waals surface area contributed by atoms with Gasteiger partial charge in [0.25, 0.3) is 0 Å². The van der Waals surface area contributed by atoms with Gasteiger partial charge in [0.1, 0.15) is 11.9 Å². The van der Waals surface area contributed by atoms with Gasteiger partial charge in [-0.1, -0.05) is 6.42 Å². The van der Waals surface area contributed by atoms with Crippen molar-refractivity contribution in [1.29, 1.82) is 0 Å². The fourth-order valence-corrected chi connectivity index (χ4v) is 2.82. The average Bonchev–Trinajstić information content (AvgIpc) is 2.38. The molecule has 0 atom stereocenters. The van der Waals surface area contributed by atoms with Gasteiger partial charge in [0.2, 0.25) is 10.0 Å². The fourth-order valence-electron chi connectivity index (χ4n) is 2.25. The zero-order valence-electron chi connectivity index (χ0n) is 10.8. The highest BCUT2D eigenvalue weighted by atomic mass is 32.2. The van der Waals surface area contributed by atoms with Gasteiger partial charge in [-0.15, -0.1) is 0 Å². The second-order valence-corrected chi connectivity index (χ2v) is 6.45. The zero-order valence-corrected chi connectivity index (χ0v) is 11.7. The lowest BCUT2D eigenvalue weighted by Gasteiger charge is -2.21. The summed E-state index contributed by atoms with van der Waals surface area (Å²) in [5, 5.41) is 4.93. The number of esters is 1. The van der Waals surface area contributed by atoms with E-state index < -0.39 is 26.7 Å². The minimum absolute atomic E-state index is 0.139. The molecule has 0 heterocycles. The highest BCUT2D eigenvalue weighted by Gasteiger charge is 2.21. The molecule has 1 fully saturated rings. The van der Waals surface area contributed by atoms with Crippen LogP contribution in [0.3, 0.4) is 0 Å². The van der Waals surface area contributed by atoms with E-state index in [0.717, 1.165) is 50.3 Å². The molecule has 0 unspecified atom stereocenters. The highest BCUT2D eigenvalue weighted by molar-refractivity contribution is 7.89. The van der Waals surface area contributed by atoms with E-state index in [2.05, 4.69) is 0 Å². The molecule has 1 saturated carbocycles. The Labute approximate surface area is 117 Å². The fraction of sp³-hybridized carbons (Fsp3) is 0.462. The van der Waals surface area contributed by atoms with Crippen LogP contribution in [0.4, 0.5) is 4.39 Å². The monoisotopic (exact) mass is 301 g/mol. The van der Waals surface area contributed by atoms with E-state index in [-0.39, 0.29) is 11.7 Å². The topological polar surface area (TPSA) is 86.5 Å². The first-order chi connectivity index (χ1) is 9.36. The third-order valence-electron chi connectivity index (χ3n) is 3.26. The van der Waals surface area contributed by atoms with Crippen molar-refractivity contribution < 1.29 is 22.3 Å². The number of hydrogen-bond donors (Lipinski definition) is 1. The number of ether oxygens (including phenoxy) is 1. The number of sulfonamides is 1. The smallest absolute Gasteiger partial charge is 0.338 e. The Morgan fingerprint density at radius 3 is 2.45 bits per heavy atom. The first-order valence-electron chi connectivity index (χ1n) is 6.40. The van der Waals surface area contributed by atoms with Crippen molar-refractivity contribution in [3.05, 3.63) is 29.6 Å². The molecule has 0 aromatic heterocycles. The molecule has 1 aromatic rings. The number of carbonyl (C=O) groups excluding carboxylic acids is 1. The Bertz CT molecular complexity index is 609. The minimum Gasteiger partial charge on any atom is -0.459 e. The number of primary sulfonamides is 1. The largest absolute Gasteiger partial charge is 0.459 e. The second-order valence-electron chi connectivity index (χ2n) is 4.89. The van der Waals surface area contributed by atoms with Crippen molar-refractivity contribution in [1.82, 2.24) is 0 Å². The summed E-state index contributed by atoms with van der Waals surface area (Å²) in [5.41, 5.74) is -0.139. The van der Waals surface area contributed by atoms with E-state index in [1.165, 1.54) is 0 Å². The van der Waals surface area contributed by atoms with Crippen molar-refractivity contribution in [2.24, 2.45) is 5.14 Å². The number of hydrogen-bond acceptors (Lipinski definition) is 4. The van der Waals surface area contributed by atoms with Gasteiger partial charge < -0.3 is 4.74 Å². The molecule has 1 aliphatic rings. The molecule has 5 nitrogen and oxygen atoms in total. The van der Waals surface area contributed by atoms with Crippen molar-refractivity contribution in [2.75, 3.05) is 0 Å². The van der Waals surface area contributed by atoms with Crippen molar-refractivity contribution in [3.8, 4) is 0 Å². The van der Waals surface area contributed by atoms with Crippen molar-refractivity contribution in [3.63, 3.8) is 0 Å². The third kappa shape index (κ3) is 3.77. The van der Waals surface area contributed by atoms with Crippen LogP contribution >= 0.6 is 0 Å².